The van der Waals surface area contributed by atoms with Gasteiger partial charge in [-0.05, 0) is 12.1 Å². The second-order valence-corrected chi connectivity index (χ2v) is 6.12. The number of anilines is 2. The van der Waals surface area contributed by atoms with Crippen molar-refractivity contribution < 1.29 is 14.2 Å². The van der Waals surface area contributed by atoms with Gasteiger partial charge < -0.3 is 19.5 Å². The molecule has 4 aromatic rings. The topological polar surface area (TPSA) is 82.8 Å². The van der Waals surface area contributed by atoms with Gasteiger partial charge in [0, 0.05) is 29.6 Å². The molecule has 144 valence electrons. The first-order valence-corrected chi connectivity index (χ1v) is 8.90. The minimum absolute atomic E-state index is 0.533. The average molecular weight is 379 g/mol. The second-order valence-electron chi connectivity index (χ2n) is 6.12. The summed E-state index contributed by atoms with van der Waals surface area (Å²) in [7, 11) is 4.75. The van der Waals surface area contributed by atoms with Crippen molar-refractivity contribution in [2.45, 2.75) is 13.3 Å². The molecule has 8 nitrogen and oxygen atoms in total. The highest BCUT2D eigenvalue weighted by molar-refractivity contribution is 5.92. The van der Waals surface area contributed by atoms with E-state index in [1.807, 2.05) is 47.7 Å². The SMILES string of the molecule is CCc1nnc2c3ccccc3nc(Nc3cc(OC)c(OC)c(OC)c3)n12. The number of hydrogen-bond donors (Lipinski definition) is 1. The molecule has 28 heavy (non-hydrogen) atoms. The summed E-state index contributed by atoms with van der Waals surface area (Å²) in [6, 6.07) is 11.5. The Morgan fingerprint density at radius 2 is 1.68 bits per heavy atom. The van der Waals surface area contributed by atoms with Crippen molar-refractivity contribution in [3.63, 3.8) is 0 Å². The molecule has 0 unspecified atom stereocenters. The van der Waals surface area contributed by atoms with Crippen molar-refractivity contribution >= 4 is 28.2 Å². The Morgan fingerprint density at radius 3 is 2.32 bits per heavy atom. The summed E-state index contributed by atoms with van der Waals surface area (Å²) >= 11 is 0. The highest BCUT2D eigenvalue weighted by Gasteiger charge is 2.17. The van der Waals surface area contributed by atoms with E-state index in [-0.39, 0.29) is 0 Å². The van der Waals surface area contributed by atoms with Crippen LogP contribution in [0.2, 0.25) is 0 Å². The lowest BCUT2D eigenvalue weighted by molar-refractivity contribution is 0.324. The number of hydrogen-bond acceptors (Lipinski definition) is 7. The number of benzene rings is 2. The first-order valence-electron chi connectivity index (χ1n) is 8.90. The van der Waals surface area contributed by atoms with E-state index in [1.54, 1.807) is 21.3 Å². The van der Waals surface area contributed by atoms with Gasteiger partial charge in [-0.25, -0.2) is 9.38 Å². The van der Waals surface area contributed by atoms with E-state index >= 15 is 0 Å². The molecule has 8 heteroatoms. The lowest BCUT2D eigenvalue weighted by Crippen LogP contribution is -2.06. The highest BCUT2D eigenvalue weighted by atomic mass is 16.5. The predicted molar refractivity (Wildman–Crippen MR) is 107 cm³/mol. The van der Waals surface area contributed by atoms with Crippen LogP contribution in [0, 0.1) is 0 Å². The van der Waals surface area contributed by atoms with E-state index < -0.39 is 0 Å². The Hall–Kier alpha value is -3.55. The number of aryl methyl sites for hydroxylation is 1. The van der Waals surface area contributed by atoms with E-state index in [4.69, 9.17) is 19.2 Å². The van der Waals surface area contributed by atoms with Gasteiger partial charge in [0.2, 0.25) is 11.7 Å². The lowest BCUT2D eigenvalue weighted by Gasteiger charge is -2.16. The molecule has 0 aliphatic rings. The fraction of sp³-hybridized carbons (Fsp3) is 0.250. The maximum atomic E-state index is 5.45. The first kappa shape index (κ1) is 17.8. The van der Waals surface area contributed by atoms with Gasteiger partial charge in [-0.2, -0.15) is 0 Å². The number of para-hydroxylation sites is 1. The average Bonchev–Trinajstić information content (AvgIpc) is 3.18. The molecule has 0 fully saturated rings. The summed E-state index contributed by atoms with van der Waals surface area (Å²) < 4.78 is 18.2. The fourth-order valence-corrected chi connectivity index (χ4v) is 3.23. The number of nitrogens with one attached hydrogen (secondary N) is 1. The molecule has 1 N–H and O–H groups in total. The number of fused-ring (bicyclic) bond motifs is 3. The van der Waals surface area contributed by atoms with Crippen molar-refractivity contribution in [1.29, 1.82) is 0 Å². The molecule has 0 spiro atoms. The first-order chi connectivity index (χ1) is 13.7. The van der Waals surface area contributed by atoms with Gasteiger partial charge in [-0.15, -0.1) is 10.2 Å². The highest BCUT2D eigenvalue weighted by Crippen LogP contribution is 2.40. The van der Waals surface area contributed by atoms with Crippen LogP contribution in [0.4, 0.5) is 11.6 Å². The molecular weight excluding hydrogens is 358 g/mol. The van der Waals surface area contributed by atoms with Crippen LogP contribution in [0.1, 0.15) is 12.7 Å². The molecule has 2 aromatic carbocycles. The van der Waals surface area contributed by atoms with Crippen LogP contribution < -0.4 is 19.5 Å². The zero-order chi connectivity index (χ0) is 19.7. The van der Waals surface area contributed by atoms with Gasteiger partial charge in [0.15, 0.2) is 17.1 Å². The largest absolute Gasteiger partial charge is 0.493 e. The molecule has 2 aromatic heterocycles. The van der Waals surface area contributed by atoms with E-state index in [9.17, 15) is 0 Å². The smallest absolute Gasteiger partial charge is 0.215 e. The number of ether oxygens (including phenoxy) is 3. The molecule has 0 radical (unpaired) electrons. The van der Waals surface area contributed by atoms with Crippen LogP contribution in [0.15, 0.2) is 36.4 Å². The Bertz CT molecular complexity index is 1130. The Balaban J connectivity index is 1.91. The molecule has 0 saturated heterocycles. The van der Waals surface area contributed by atoms with E-state index in [1.165, 1.54) is 0 Å². The molecule has 0 bridgehead atoms. The summed E-state index contributed by atoms with van der Waals surface area (Å²) in [5, 5.41) is 13.0. The van der Waals surface area contributed by atoms with Gasteiger partial charge in [-0.1, -0.05) is 19.1 Å². The molecule has 0 saturated carbocycles. The number of aromatic nitrogens is 4. The van der Waals surface area contributed by atoms with Crippen molar-refractivity contribution in [3.05, 3.63) is 42.2 Å². The third-order valence-electron chi connectivity index (χ3n) is 4.55. The standard InChI is InChI=1S/C20H21N5O3/c1-5-17-23-24-19-13-8-6-7-9-14(13)22-20(25(17)19)21-12-10-15(26-2)18(28-4)16(11-12)27-3/h6-11H,5H2,1-4H3,(H,21,22). The minimum atomic E-state index is 0.533. The monoisotopic (exact) mass is 379 g/mol. The van der Waals surface area contributed by atoms with E-state index in [0.717, 1.165) is 34.5 Å². The second kappa shape index (κ2) is 7.22. The van der Waals surface area contributed by atoms with Crippen molar-refractivity contribution in [3.8, 4) is 17.2 Å². The summed E-state index contributed by atoms with van der Waals surface area (Å²) in [5.41, 5.74) is 2.34. The van der Waals surface area contributed by atoms with Crippen LogP contribution in [-0.4, -0.2) is 40.9 Å². The Labute approximate surface area is 162 Å². The number of rotatable bonds is 6. The fourth-order valence-electron chi connectivity index (χ4n) is 3.23. The van der Waals surface area contributed by atoms with Crippen LogP contribution >= 0.6 is 0 Å². The predicted octanol–water partition coefficient (Wildman–Crippen LogP) is 3.61. The third kappa shape index (κ3) is 2.83. The van der Waals surface area contributed by atoms with Crippen molar-refractivity contribution in [1.82, 2.24) is 19.6 Å². The van der Waals surface area contributed by atoms with Gasteiger partial charge in [-0.3, -0.25) is 0 Å². The van der Waals surface area contributed by atoms with Crippen LogP contribution in [0.5, 0.6) is 17.2 Å². The summed E-state index contributed by atoms with van der Waals surface area (Å²) in [5.74, 6) is 3.08. The zero-order valence-electron chi connectivity index (χ0n) is 16.2. The van der Waals surface area contributed by atoms with Gasteiger partial charge in [0.1, 0.15) is 5.82 Å². The molecular formula is C20H21N5O3. The Kier molecular flexibility index (Phi) is 4.60. The number of methoxy groups -OCH3 is 3. The zero-order valence-corrected chi connectivity index (χ0v) is 16.2. The summed E-state index contributed by atoms with van der Waals surface area (Å²) in [6.45, 7) is 2.04. The van der Waals surface area contributed by atoms with Gasteiger partial charge >= 0.3 is 0 Å². The van der Waals surface area contributed by atoms with Crippen molar-refractivity contribution in [2.24, 2.45) is 0 Å². The third-order valence-corrected chi connectivity index (χ3v) is 4.55. The number of nitrogens with zero attached hydrogens (tertiary/aromatic N) is 4. The molecule has 4 rings (SSSR count). The van der Waals surface area contributed by atoms with Crippen molar-refractivity contribution in [2.75, 3.05) is 26.6 Å². The molecule has 0 aliphatic heterocycles. The Morgan fingerprint density at radius 1 is 0.964 bits per heavy atom. The quantitative estimate of drug-likeness (QED) is 0.548. The van der Waals surface area contributed by atoms with E-state index in [0.29, 0.717) is 23.2 Å². The summed E-state index contributed by atoms with van der Waals surface area (Å²) in [6.07, 6.45) is 0.727. The van der Waals surface area contributed by atoms with E-state index in [2.05, 4.69) is 15.5 Å². The van der Waals surface area contributed by atoms with Gasteiger partial charge in [0.05, 0.1) is 26.8 Å². The molecule has 0 amide bonds. The van der Waals surface area contributed by atoms with Crippen LogP contribution in [-0.2, 0) is 6.42 Å². The lowest BCUT2D eigenvalue weighted by atomic mass is 10.2. The molecule has 0 aliphatic carbocycles. The van der Waals surface area contributed by atoms with Crippen LogP contribution in [0.3, 0.4) is 0 Å². The normalized spacial score (nSPS) is 11.0. The summed E-state index contributed by atoms with van der Waals surface area (Å²) in [4.78, 5) is 4.79. The molecule has 2 heterocycles. The maximum Gasteiger partial charge on any atom is 0.215 e. The van der Waals surface area contributed by atoms with Crippen LogP contribution in [0.25, 0.3) is 16.6 Å². The van der Waals surface area contributed by atoms with Gasteiger partial charge in [0.25, 0.3) is 0 Å². The minimum Gasteiger partial charge on any atom is -0.493 e. The molecule has 0 atom stereocenters. The maximum absolute atomic E-state index is 5.45.